The number of rotatable bonds is 3. The molecule has 4 nitrogen and oxygen atoms in total. The highest BCUT2D eigenvalue weighted by atomic mass is 16.9. The fourth-order valence-corrected chi connectivity index (χ4v) is 2.54. The molecule has 3 rings (SSSR count). The minimum absolute atomic E-state index is 0.178. The van der Waals surface area contributed by atoms with Crippen LogP contribution in [0, 0.1) is 0 Å². The van der Waals surface area contributed by atoms with E-state index in [4.69, 9.17) is 9.57 Å². The predicted molar refractivity (Wildman–Crippen MR) is 60.7 cm³/mol. The molecule has 2 saturated heterocycles. The predicted octanol–water partition coefficient (Wildman–Crippen LogP) is 1.81. The second kappa shape index (κ2) is 3.82. The Kier molecular flexibility index (Phi) is 2.42. The lowest BCUT2D eigenvalue weighted by atomic mass is 10.0. The molecule has 0 amide bonds. The molecular weight excluding hydrogens is 218 g/mol. The summed E-state index contributed by atoms with van der Waals surface area (Å²) in [5, 5.41) is 1.78. The molecule has 17 heavy (non-hydrogen) atoms. The molecule has 0 spiro atoms. The van der Waals surface area contributed by atoms with Gasteiger partial charge in [0, 0.05) is 12.0 Å². The fraction of sp³-hybridized carbons (Fsp3) is 0.462. The summed E-state index contributed by atoms with van der Waals surface area (Å²) in [6.07, 6.45) is 1.65. The third-order valence-corrected chi connectivity index (χ3v) is 3.40. The summed E-state index contributed by atoms with van der Waals surface area (Å²) in [5.74, 6) is -0.178. The SMILES string of the molecule is CCOC(=O)C1CCC2(c3ccccc3)ON12. The first-order chi connectivity index (χ1) is 8.28. The van der Waals surface area contributed by atoms with Crippen LogP contribution in [0.3, 0.4) is 0 Å². The topological polar surface area (TPSA) is 41.8 Å². The van der Waals surface area contributed by atoms with Crippen molar-refractivity contribution in [2.24, 2.45) is 0 Å². The van der Waals surface area contributed by atoms with Crippen LogP contribution in [0.15, 0.2) is 30.3 Å². The van der Waals surface area contributed by atoms with Crippen LogP contribution >= 0.6 is 0 Å². The standard InChI is InChI=1S/C13H15NO3/c1-2-16-12(15)11-8-9-13(14(11)17-13)10-6-4-3-5-7-10/h3-7,11H,2,8-9H2,1H3. The van der Waals surface area contributed by atoms with Gasteiger partial charge in [0.2, 0.25) is 0 Å². The monoisotopic (exact) mass is 233 g/mol. The van der Waals surface area contributed by atoms with Gasteiger partial charge in [-0.3, -0.25) is 9.63 Å². The van der Waals surface area contributed by atoms with Gasteiger partial charge in [-0.15, -0.1) is 5.06 Å². The van der Waals surface area contributed by atoms with Gasteiger partial charge in [0.25, 0.3) is 0 Å². The van der Waals surface area contributed by atoms with Crippen LogP contribution in [-0.2, 0) is 20.1 Å². The first kappa shape index (κ1) is 10.7. The van der Waals surface area contributed by atoms with Crippen molar-refractivity contribution < 1.29 is 14.4 Å². The van der Waals surface area contributed by atoms with E-state index >= 15 is 0 Å². The molecule has 0 N–H and O–H groups in total. The Hall–Kier alpha value is -1.39. The first-order valence-electron chi connectivity index (χ1n) is 5.98. The van der Waals surface area contributed by atoms with E-state index < -0.39 is 0 Å². The van der Waals surface area contributed by atoms with Crippen LogP contribution in [0.2, 0.25) is 0 Å². The van der Waals surface area contributed by atoms with E-state index in [9.17, 15) is 4.79 Å². The number of carbonyl (C=O) groups excluding carboxylic acids is 1. The number of hydrogen-bond acceptors (Lipinski definition) is 4. The Morgan fingerprint density at radius 1 is 1.53 bits per heavy atom. The minimum Gasteiger partial charge on any atom is -0.465 e. The van der Waals surface area contributed by atoms with E-state index in [2.05, 4.69) is 0 Å². The largest absolute Gasteiger partial charge is 0.465 e. The van der Waals surface area contributed by atoms with Crippen LogP contribution in [-0.4, -0.2) is 23.7 Å². The van der Waals surface area contributed by atoms with Crippen molar-refractivity contribution in [3.8, 4) is 0 Å². The Morgan fingerprint density at radius 2 is 2.29 bits per heavy atom. The van der Waals surface area contributed by atoms with Crippen molar-refractivity contribution in [1.82, 2.24) is 5.06 Å². The molecule has 1 aromatic carbocycles. The molecule has 0 saturated carbocycles. The fourth-order valence-electron chi connectivity index (χ4n) is 2.54. The normalized spacial score (nSPS) is 34.2. The third kappa shape index (κ3) is 1.56. The molecule has 2 heterocycles. The average Bonchev–Trinajstić information content (AvgIpc) is 2.98. The van der Waals surface area contributed by atoms with E-state index in [0.29, 0.717) is 6.61 Å². The van der Waals surface area contributed by atoms with Gasteiger partial charge in [-0.25, -0.2) is 0 Å². The molecule has 4 heteroatoms. The molecule has 0 aliphatic carbocycles. The van der Waals surface area contributed by atoms with Gasteiger partial charge in [0.15, 0.2) is 5.72 Å². The van der Waals surface area contributed by atoms with E-state index in [1.165, 1.54) is 0 Å². The second-order valence-electron chi connectivity index (χ2n) is 4.37. The lowest BCUT2D eigenvalue weighted by molar-refractivity contribution is -0.149. The van der Waals surface area contributed by atoms with Crippen LogP contribution in [0.25, 0.3) is 0 Å². The van der Waals surface area contributed by atoms with Crippen molar-refractivity contribution in [2.45, 2.75) is 31.5 Å². The van der Waals surface area contributed by atoms with E-state index in [-0.39, 0.29) is 17.7 Å². The summed E-state index contributed by atoms with van der Waals surface area (Å²) in [6, 6.07) is 9.78. The Labute approximate surface area is 100 Å². The Balaban J connectivity index is 1.77. The number of hydroxylamine groups is 2. The van der Waals surface area contributed by atoms with Crippen LogP contribution < -0.4 is 0 Å². The summed E-state index contributed by atoms with van der Waals surface area (Å²) in [4.78, 5) is 17.4. The summed E-state index contributed by atoms with van der Waals surface area (Å²) in [6.45, 7) is 2.24. The molecule has 1 aromatic rings. The number of benzene rings is 1. The van der Waals surface area contributed by atoms with E-state index in [1.807, 2.05) is 37.3 Å². The van der Waals surface area contributed by atoms with E-state index in [0.717, 1.165) is 18.4 Å². The molecule has 3 atom stereocenters. The third-order valence-electron chi connectivity index (χ3n) is 3.40. The van der Waals surface area contributed by atoms with Crippen molar-refractivity contribution in [3.63, 3.8) is 0 Å². The van der Waals surface area contributed by atoms with Gasteiger partial charge in [0.05, 0.1) is 6.61 Å². The zero-order valence-corrected chi connectivity index (χ0v) is 9.76. The molecular formula is C13H15NO3. The minimum atomic E-state index is -0.362. The van der Waals surface area contributed by atoms with Crippen molar-refractivity contribution in [3.05, 3.63) is 35.9 Å². The maximum Gasteiger partial charge on any atom is 0.325 e. The van der Waals surface area contributed by atoms with Crippen molar-refractivity contribution in [2.75, 3.05) is 6.61 Å². The zero-order chi connectivity index (χ0) is 11.9. The number of nitrogens with zero attached hydrogens (tertiary/aromatic N) is 1. The zero-order valence-electron chi connectivity index (χ0n) is 9.76. The highest BCUT2D eigenvalue weighted by Gasteiger charge is 2.66. The summed E-state index contributed by atoms with van der Waals surface area (Å²) in [7, 11) is 0. The van der Waals surface area contributed by atoms with Gasteiger partial charge < -0.3 is 4.74 Å². The number of esters is 1. The van der Waals surface area contributed by atoms with Gasteiger partial charge in [-0.05, 0) is 13.3 Å². The first-order valence-corrected chi connectivity index (χ1v) is 5.98. The van der Waals surface area contributed by atoms with Crippen LogP contribution in [0.5, 0.6) is 0 Å². The number of hydrogen-bond donors (Lipinski definition) is 0. The van der Waals surface area contributed by atoms with Gasteiger partial charge in [0.1, 0.15) is 6.04 Å². The van der Waals surface area contributed by atoms with E-state index in [1.54, 1.807) is 5.06 Å². The lowest BCUT2D eigenvalue weighted by Crippen LogP contribution is -2.28. The summed E-state index contributed by atoms with van der Waals surface area (Å²) < 4.78 is 5.04. The van der Waals surface area contributed by atoms with Gasteiger partial charge in [-0.2, -0.15) is 0 Å². The number of carbonyl (C=O) groups is 1. The highest BCUT2D eigenvalue weighted by molar-refractivity contribution is 5.76. The highest BCUT2D eigenvalue weighted by Crippen LogP contribution is 2.55. The lowest BCUT2D eigenvalue weighted by Gasteiger charge is -2.08. The number of ether oxygens (including phenoxy) is 1. The number of fused-ring (bicyclic) bond motifs is 1. The Bertz CT molecular complexity index is 434. The van der Waals surface area contributed by atoms with Crippen LogP contribution in [0.1, 0.15) is 25.3 Å². The molecule has 0 aromatic heterocycles. The van der Waals surface area contributed by atoms with Crippen LogP contribution in [0.4, 0.5) is 0 Å². The smallest absolute Gasteiger partial charge is 0.325 e. The molecule has 2 aliphatic heterocycles. The Morgan fingerprint density at radius 3 is 2.94 bits per heavy atom. The molecule has 0 radical (unpaired) electrons. The summed E-state index contributed by atoms with van der Waals surface area (Å²) >= 11 is 0. The maximum absolute atomic E-state index is 11.7. The van der Waals surface area contributed by atoms with Crippen molar-refractivity contribution >= 4 is 5.97 Å². The molecule has 90 valence electrons. The second-order valence-corrected chi connectivity index (χ2v) is 4.37. The van der Waals surface area contributed by atoms with Crippen molar-refractivity contribution in [1.29, 1.82) is 0 Å². The quantitative estimate of drug-likeness (QED) is 0.590. The van der Waals surface area contributed by atoms with Gasteiger partial charge in [-0.1, -0.05) is 30.3 Å². The summed E-state index contributed by atoms with van der Waals surface area (Å²) in [5.41, 5.74) is 0.755. The maximum atomic E-state index is 11.7. The molecule has 0 bridgehead atoms. The molecule has 2 fully saturated rings. The average molecular weight is 233 g/mol. The molecule has 2 aliphatic rings. The van der Waals surface area contributed by atoms with Gasteiger partial charge >= 0.3 is 5.97 Å². The molecule has 3 unspecified atom stereocenters.